The highest BCUT2D eigenvalue weighted by atomic mass is 16.5. The van der Waals surface area contributed by atoms with Gasteiger partial charge in [-0.05, 0) is 42.8 Å². The monoisotopic (exact) mass is 401 g/mol. The van der Waals surface area contributed by atoms with E-state index in [4.69, 9.17) is 9.47 Å². The number of para-hydroxylation sites is 2. The van der Waals surface area contributed by atoms with E-state index in [-0.39, 0.29) is 12.5 Å². The van der Waals surface area contributed by atoms with E-state index in [0.29, 0.717) is 24.7 Å². The molecule has 0 bridgehead atoms. The summed E-state index contributed by atoms with van der Waals surface area (Å²) in [6, 6.07) is 23.2. The standard InChI is InChI=1S/C24H23N3O3/c1-2-29-22-14-18(24-26-19-10-6-7-11-20(19)27-24)12-13-21(22)30-16-23(28)25-15-17-8-4-3-5-9-17/h3-14H,2,15-16H2,1H3,(H,25,28)(H,26,27). The average molecular weight is 401 g/mol. The van der Waals surface area contributed by atoms with Gasteiger partial charge in [-0.25, -0.2) is 4.98 Å². The lowest BCUT2D eigenvalue weighted by Crippen LogP contribution is -2.28. The van der Waals surface area contributed by atoms with Crippen molar-refractivity contribution in [1.82, 2.24) is 15.3 Å². The van der Waals surface area contributed by atoms with Crippen molar-refractivity contribution in [1.29, 1.82) is 0 Å². The number of benzene rings is 3. The minimum atomic E-state index is -0.192. The lowest BCUT2D eigenvalue weighted by Gasteiger charge is -2.13. The first-order chi connectivity index (χ1) is 14.7. The molecule has 30 heavy (non-hydrogen) atoms. The van der Waals surface area contributed by atoms with Crippen LogP contribution >= 0.6 is 0 Å². The third kappa shape index (κ3) is 4.60. The minimum absolute atomic E-state index is 0.0864. The summed E-state index contributed by atoms with van der Waals surface area (Å²) in [7, 11) is 0. The van der Waals surface area contributed by atoms with E-state index in [2.05, 4.69) is 15.3 Å². The van der Waals surface area contributed by atoms with Gasteiger partial charge in [-0.2, -0.15) is 0 Å². The minimum Gasteiger partial charge on any atom is -0.490 e. The number of fused-ring (bicyclic) bond motifs is 1. The third-order valence-electron chi connectivity index (χ3n) is 4.60. The van der Waals surface area contributed by atoms with Gasteiger partial charge in [-0.15, -0.1) is 0 Å². The van der Waals surface area contributed by atoms with E-state index >= 15 is 0 Å². The van der Waals surface area contributed by atoms with Gasteiger partial charge in [-0.1, -0.05) is 42.5 Å². The predicted molar refractivity (Wildman–Crippen MR) is 116 cm³/mol. The number of H-pyrrole nitrogens is 1. The molecule has 0 spiro atoms. The quantitative estimate of drug-likeness (QED) is 0.461. The molecule has 6 heteroatoms. The zero-order valence-electron chi connectivity index (χ0n) is 16.7. The van der Waals surface area contributed by atoms with Crippen LogP contribution in [0.15, 0.2) is 72.8 Å². The molecule has 0 saturated heterocycles. The molecule has 1 heterocycles. The summed E-state index contributed by atoms with van der Waals surface area (Å²) < 4.78 is 11.5. The lowest BCUT2D eigenvalue weighted by molar-refractivity contribution is -0.123. The number of aromatic amines is 1. The molecule has 0 radical (unpaired) electrons. The summed E-state index contributed by atoms with van der Waals surface area (Å²) in [6.07, 6.45) is 0. The average Bonchev–Trinajstić information content (AvgIpc) is 3.22. The Balaban J connectivity index is 1.44. The molecule has 0 saturated carbocycles. The van der Waals surface area contributed by atoms with Gasteiger partial charge in [0.25, 0.3) is 5.91 Å². The Kier molecular flexibility index (Phi) is 5.94. The van der Waals surface area contributed by atoms with Gasteiger partial charge in [0.05, 0.1) is 17.6 Å². The molecular weight excluding hydrogens is 378 g/mol. The number of nitrogens with zero attached hydrogens (tertiary/aromatic N) is 1. The zero-order valence-corrected chi connectivity index (χ0v) is 16.7. The molecule has 1 amide bonds. The summed E-state index contributed by atoms with van der Waals surface area (Å²) in [5, 5.41) is 2.85. The lowest BCUT2D eigenvalue weighted by atomic mass is 10.2. The van der Waals surface area contributed by atoms with Crippen molar-refractivity contribution in [3.8, 4) is 22.9 Å². The Bertz CT molecular complexity index is 1110. The van der Waals surface area contributed by atoms with Crippen LogP contribution in [0.2, 0.25) is 0 Å². The van der Waals surface area contributed by atoms with Gasteiger partial charge >= 0.3 is 0 Å². The molecule has 0 fully saturated rings. The summed E-state index contributed by atoms with van der Waals surface area (Å²) >= 11 is 0. The number of hydrogen-bond acceptors (Lipinski definition) is 4. The molecule has 0 aliphatic heterocycles. The van der Waals surface area contributed by atoms with Crippen LogP contribution < -0.4 is 14.8 Å². The van der Waals surface area contributed by atoms with E-state index < -0.39 is 0 Å². The molecule has 0 unspecified atom stereocenters. The number of rotatable bonds is 8. The number of nitrogens with one attached hydrogen (secondary N) is 2. The maximum Gasteiger partial charge on any atom is 0.258 e. The predicted octanol–water partition coefficient (Wildman–Crippen LogP) is 4.32. The van der Waals surface area contributed by atoms with E-state index in [1.165, 1.54) is 0 Å². The highest BCUT2D eigenvalue weighted by molar-refractivity contribution is 5.80. The fourth-order valence-electron chi connectivity index (χ4n) is 3.12. The fraction of sp³-hybridized carbons (Fsp3) is 0.167. The number of imidazole rings is 1. The van der Waals surface area contributed by atoms with Crippen LogP contribution in [-0.2, 0) is 11.3 Å². The topological polar surface area (TPSA) is 76.2 Å². The number of carbonyl (C=O) groups is 1. The van der Waals surface area contributed by atoms with Crippen molar-refractivity contribution in [2.24, 2.45) is 0 Å². The zero-order chi connectivity index (χ0) is 20.8. The van der Waals surface area contributed by atoms with Crippen LogP contribution in [0, 0.1) is 0 Å². The number of amides is 1. The summed E-state index contributed by atoms with van der Waals surface area (Å²) in [5.41, 5.74) is 3.80. The molecule has 152 valence electrons. The highest BCUT2D eigenvalue weighted by Crippen LogP contribution is 2.32. The van der Waals surface area contributed by atoms with Crippen LogP contribution in [0.25, 0.3) is 22.4 Å². The smallest absolute Gasteiger partial charge is 0.258 e. The summed E-state index contributed by atoms with van der Waals surface area (Å²) in [6.45, 7) is 2.77. The van der Waals surface area contributed by atoms with Gasteiger partial charge in [0, 0.05) is 12.1 Å². The fourth-order valence-corrected chi connectivity index (χ4v) is 3.12. The molecule has 0 aliphatic carbocycles. The van der Waals surface area contributed by atoms with E-state index in [9.17, 15) is 4.79 Å². The van der Waals surface area contributed by atoms with E-state index in [0.717, 1.165) is 28.0 Å². The van der Waals surface area contributed by atoms with Gasteiger partial charge in [-0.3, -0.25) is 4.79 Å². The molecule has 3 aromatic carbocycles. The summed E-state index contributed by atoms with van der Waals surface area (Å²) in [5.74, 6) is 1.66. The summed E-state index contributed by atoms with van der Waals surface area (Å²) in [4.78, 5) is 20.1. The Labute approximate surface area is 174 Å². The molecule has 4 rings (SSSR count). The van der Waals surface area contributed by atoms with Gasteiger partial charge in [0.2, 0.25) is 0 Å². The molecule has 0 atom stereocenters. The molecule has 0 aliphatic rings. The largest absolute Gasteiger partial charge is 0.490 e. The molecule has 4 aromatic rings. The van der Waals surface area contributed by atoms with Gasteiger partial charge < -0.3 is 19.8 Å². The van der Waals surface area contributed by atoms with Crippen molar-refractivity contribution in [3.05, 3.63) is 78.4 Å². The molecular formula is C24H23N3O3. The SMILES string of the molecule is CCOc1cc(-c2nc3ccccc3[nH]2)ccc1OCC(=O)NCc1ccccc1. The second kappa shape index (κ2) is 9.13. The Hall–Kier alpha value is -3.80. The van der Waals surface area contributed by atoms with Crippen LogP contribution in [0.4, 0.5) is 0 Å². The number of hydrogen-bond donors (Lipinski definition) is 2. The molecule has 1 aromatic heterocycles. The van der Waals surface area contributed by atoms with Gasteiger partial charge in [0.15, 0.2) is 18.1 Å². The van der Waals surface area contributed by atoms with Crippen molar-refractivity contribution in [2.75, 3.05) is 13.2 Å². The van der Waals surface area contributed by atoms with Crippen LogP contribution in [0.1, 0.15) is 12.5 Å². The number of ether oxygens (including phenoxy) is 2. The van der Waals surface area contributed by atoms with Crippen LogP contribution in [0.5, 0.6) is 11.5 Å². The third-order valence-corrected chi connectivity index (χ3v) is 4.60. The molecule has 2 N–H and O–H groups in total. The van der Waals surface area contributed by atoms with Crippen LogP contribution in [0.3, 0.4) is 0 Å². The Morgan fingerprint density at radius 1 is 0.967 bits per heavy atom. The van der Waals surface area contributed by atoms with Crippen molar-refractivity contribution < 1.29 is 14.3 Å². The first-order valence-corrected chi connectivity index (χ1v) is 9.88. The normalized spacial score (nSPS) is 10.7. The van der Waals surface area contributed by atoms with Crippen molar-refractivity contribution in [3.63, 3.8) is 0 Å². The van der Waals surface area contributed by atoms with Crippen molar-refractivity contribution >= 4 is 16.9 Å². The Morgan fingerprint density at radius 2 is 1.77 bits per heavy atom. The Morgan fingerprint density at radius 3 is 2.57 bits per heavy atom. The van der Waals surface area contributed by atoms with Crippen molar-refractivity contribution in [2.45, 2.75) is 13.5 Å². The first-order valence-electron chi connectivity index (χ1n) is 9.88. The van der Waals surface area contributed by atoms with E-state index in [1.807, 2.05) is 73.7 Å². The maximum absolute atomic E-state index is 12.2. The molecule has 6 nitrogen and oxygen atoms in total. The van der Waals surface area contributed by atoms with E-state index in [1.54, 1.807) is 6.07 Å². The number of aromatic nitrogens is 2. The van der Waals surface area contributed by atoms with Crippen LogP contribution in [-0.4, -0.2) is 29.1 Å². The second-order valence-electron chi connectivity index (χ2n) is 6.75. The number of carbonyl (C=O) groups excluding carboxylic acids is 1. The maximum atomic E-state index is 12.2. The highest BCUT2D eigenvalue weighted by Gasteiger charge is 2.12. The first kappa shape index (κ1) is 19.5. The second-order valence-corrected chi connectivity index (χ2v) is 6.75. The van der Waals surface area contributed by atoms with Gasteiger partial charge in [0.1, 0.15) is 5.82 Å².